The number of hydrogen-bond acceptors (Lipinski definition) is 10. The van der Waals surface area contributed by atoms with Crippen molar-refractivity contribution in [2.75, 3.05) is 65.1 Å². The van der Waals surface area contributed by atoms with Crippen LogP contribution in [0, 0.1) is 10.1 Å². The first-order chi connectivity index (χ1) is 17.4. The molecule has 4 rings (SSSR count). The van der Waals surface area contributed by atoms with Gasteiger partial charge in [-0.25, -0.2) is 4.98 Å². The van der Waals surface area contributed by atoms with Crippen molar-refractivity contribution in [3.63, 3.8) is 0 Å². The topological polar surface area (TPSA) is 116 Å². The number of nitro benzene ring substituents is 1. The van der Waals surface area contributed by atoms with Crippen LogP contribution in [0.3, 0.4) is 0 Å². The molecule has 0 unspecified atom stereocenters. The molecular formula is C24H28N4O7S. The van der Waals surface area contributed by atoms with Gasteiger partial charge in [-0.3, -0.25) is 24.7 Å². The Morgan fingerprint density at radius 1 is 1.19 bits per heavy atom. The SMILES string of the molecule is CCOc1ccc2nc(N(CCN3CCOCC3)C(=O)c3cc(OC)c(OC)cc3[N+](=O)[O-])sc2c1. The maximum absolute atomic E-state index is 13.9. The molecule has 2 aromatic carbocycles. The molecule has 1 amide bonds. The van der Waals surface area contributed by atoms with Crippen LogP contribution in [0.25, 0.3) is 10.2 Å². The van der Waals surface area contributed by atoms with Gasteiger partial charge in [0.2, 0.25) is 0 Å². The number of ether oxygens (including phenoxy) is 4. The first-order valence-corrected chi connectivity index (χ1v) is 12.3. The lowest BCUT2D eigenvalue weighted by molar-refractivity contribution is -0.385. The number of methoxy groups -OCH3 is 2. The number of carbonyl (C=O) groups is 1. The lowest BCUT2D eigenvalue weighted by Crippen LogP contribution is -2.43. The van der Waals surface area contributed by atoms with Gasteiger partial charge in [0.15, 0.2) is 16.6 Å². The molecule has 0 aliphatic carbocycles. The molecule has 3 aromatic rings. The van der Waals surface area contributed by atoms with E-state index in [0.717, 1.165) is 17.8 Å². The number of morpholine rings is 1. The van der Waals surface area contributed by atoms with Gasteiger partial charge >= 0.3 is 0 Å². The van der Waals surface area contributed by atoms with E-state index in [9.17, 15) is 14.9 Å². The Balaban J connectivity index is 1.75. The second-order valence-electron chi connectivity index (χ2n) is 7.95. The van der Waals surface area contributed by atoms with Crippen molar-refractivity contribution in [3.8, 4) is 17.2 Å². The van der Waals surface area contributed by atoms with E-state index in [2.05, 4.69) is 9.88 Å². The van der Waals surface area contributed by atoms with E-state index in [-0.39, 0.29) is 22.7 Å². The van der Waals surface area contributed by atoms with Gasteiger partial charge in [0.1, 0.15) is 11.3 Å². The van der Waals surface area contributed by atoms with Gasteiger partial charge in [-0.05, 0) is 25.1 Å². The van der Waals surface area contributed by atoms with Crippen LogP contribution in [-0.4, -0.2) is 80.9 Å². The molecule has 0 spiro atoms. The molecule has 0 radical (unpaired) electrons. The summed E-state index contributed by atoms with van der Waals surface area (Å²) >= 11 is 1.33. The molecule has 12 heteroatoms. The standard InChI is InChI=1S/C24H28N4O7S/c1-4-35-16-5-6-18-22(13-16)36-24(25-18)27(8-7-26-9-11-34-12-10-26)23(29)17-14-20(32-2)21(33-3)15-19(17)28(30)31/h5-6,13-15H,4,7-12H2,1-3H3. The zero-order valence-corrected chi connectivity index (χ0v) is 21.2. The van der Waals surface area contributed by atoms with Crippen LogP contribution in [0.2, 0.25) is 0 Å². The van der Waals surface area contributed by atoms with E-state index >= 15 is 0 Å². The summed E-state index contributed by atoms with van der Waals surface area (Å²) in [5, 5.41) is 12.3. The van der Waals surface area contributed by atoms with Gasteiger partial charge < -0.3 is 18.9 Å². The molecule has 0 N–H and O–H groups in total. The van der Waals surface area contributed by atoms with Crippen LogP contribution in [-0.2, 0) is 4.74 Å². The predicted octanol–water partition coefficient (Wildman–Crippen LogP) is 3.60. The minimum Gasteiger partial charge on any atom is -0.494 e. The van der Waals surface area contributed by atoms with E-state index in [4.69, 9.17) is 18.9 Å². The molecule has 0 saturated carbocycles. The summed E-state index contributed by atoms with van der Waals surface area (Å²) in [5.41, 5.74) is 0.243. The molecule has 0 atom stereocenters. The maximum atomic E-state index is 13.9. The number of anilines is 1. The Morgan fingerprint density at radius 2 is 1.92 bits per heavy atom. The summed E-state index contributed by atoms with van der Waals surface area (Å²) in [7, 11) is 2.80. The molecule has 192 valence electrons. The molecule has 2 heterocycles. The third-order valence-electron chi connectivity index (χ3n) is 5.81. The lowest BCUT2D eigenvalue weighted by atomic mass is 10.1. The molecule has 1 aliphatic heterocycles. The smallest absolute Gasteiger partial charge is 0.286 e. The van der Waals surface area contributed by atoms with Crippen LogP contribution >= 0.6 is 11.3 Å². The molecule has 1 aliphatic rings. The quantitative estimate of drug-likeness (QED) is 0.294. The normalized spacial score (nSPS) is 14.0. The molecule has 1 aromatic heterocycles. The van der Waals surface area contributed by atoms with Gasteiger partial charge in [0.25, 0.3) is 11.6 Å². The molecule has 1 saturated heterocycles. The number of carbonyl (C=O) groups excluding carboxylic acids is 1. The number of benzene rings is 2. The Bertz CT molecular complexity index is 1240. The number of amides is 1. The summed E-state index contributed by atoms with van der Waals surface area (Å²) < 4.78 is 22.4. The monoisotopic (exact) mass is 516 g/mol. The van der Waals surface area contributed by atoms with Gasteiger partial charge in [-0.1, -0.05) is 11.3 Å². The number of thiazole rings is 1. The van der Waals surface area contributed by atoms with Crippen molar-refractivity contribution < 1.29 is 28.7 Å². The number of nitrogens with zero attached hydrogens (tertiary/aromatic N) is 4. The Morgan fingerprint density at radius 3 is 2.58 bits per heavy atom. The van der Waals surface area contributed by atoms with Crippen molar-refractivity contribution in [2.24, 2.45) is 0 Å². The van der Waals surface area contributed by atoms with Crippen LogP contribution in [0.5, 0.6) is 17.2 Å². The first-order valence-electron chi connectivity index (χ1n) is 11.5. The third kappa shape index (κ3) is 5.50. The largest absolute Gasteiger partial charge is 0.494 e. The highest BCUT2D eigenvalue weighted by Gasteiger charge is 2.30. The van der Waals surface area contributed by atoms with E-state index in [1.165, 1.54) is 42.6 Å². The van der Waals surface area contributed by atoms with Crippen molar-refractivity contribution in [1.29, 1.82) is 0 Å². The third-order valence-corrected chi connectivity index (χ3v) is 6.85. The zero-order chi connectivity index (χ0) is 25.7. The molecular weight excluding hydrogens is 488 g/mol. The van der Waals surface area contributed by atoms with E-state index in [0.29, 0.717) is 49.3 Å². The minimum atomic E-state index is -0.595. The Hall–Kier alpha value is -3.48. The van der Waals surface area contributed by atoms with Gasteiger partial charge in [-0.15, -0.1) is 0 Å². The maximum Gasteiger partial charge on any atom is 0.286 e. The summed E-state index contributed by atoms with van der Waals surface area (Å²) in [4.78, 5) is 33.5. The fourth-order valence-electron chi connectivity index (χ4n) is 3.95. The van der Waals surface area contributed by atoms with E-state index in [1.807, 2.05) is 25.1 Å². The van der Waals surface area contributed by atoms with Gasteiger partial charge in [0.05, 0.1) is 55.2 Å². The summed E-state index contributed by atoms with van der Waals surface area (Å²) in [5.74, 6) is 0.566. The second-order valence-corrected chi connectivity index (χ2v) is 8.96. The van der Waals surface area contributed by atoms with Crippen molar-refractivity contribution in [2.45, 2.75) is 6.92 Å². The highest BCUT2D eigenvalue weighted by atomic mass is 32.1. The van der Waals surface area contributed by atoms with Gasteiger partial charge in [-0.2, -0.15) is 0 Å². The summed E-state index contributed by atoms with van der Waals surface area (Å²) in [6.07, 6.45) is 0. The molecule has 11 nitrogen and oxygen atoms in total. The highest BCUT2D eigenvalue weighted by molar-refractivity contribution is 7.22. The van der Waals surface area contributed by atoms with Crippen molar-refractivity contribution in [3.05, 3.63) is 46.0 Å². The highest BCUT2D eigenvalue weighted by Crippen LogP contribution is 2.37. The molecule has 36 heavy (non-hydrogen) atoms. The summed E-state index contributed by atoms with van der Waals surface area (Å²) in [6, 6.07) is 8.10. The van der Waals surface area contributed by atoms with Crippen LogP contribution in [0.1, 0.15) is 17.3 Å². The zero-order valence-electron chi connectivity index (χ0n) is 20.4. The number of nitro groups is 1. The number of fused-ring (bicyclic) bond motifs is 1. The number of rotatable bonds is 10. The fourth-order valence-corrected chi connectivity index (χ4v) is 4.97. The second kappa shape index (κ2) is 11.5. The van der Waals surface area contributed by atoms with E-state index < -0.39 is 10.8 Å². The number of hydrogen-bond donors (Lipinski definition) is 0. The Kier molecular flexibility index (Phi) is 8.18. The van der Waals surface area contributed by atoms with Crippen molar-refractivity contribution >= 4 is 38.3 Å². The Labute approximate surface area is 212 Å². The van der Waals surface area contributed by atoms with E-state index in [1.54, 1.807) is 0 Å². The van der Waals surface area contributed by atoms with Crippen LogP contribution in [0.15, 0.2) is 30.3 Å². The van der Waals surface area contributed by atoms with Crippen LogP contribution in [0.4, 0.5) is 10.8 Å². The summed E-state index contributed by atoms with van der Waals surface area (Å²) in [6.45, 7) is 6.03. The lowest BCUT2D eigenvalue weighted by Gasteiger charge is -2.29. The molecule has 1 fully saturated rings. The van der Waals surface area contributed by atoms with Crippen LogP contribution < -0.4 is 19.1 Å². The predicted molar refractivity (Wildman–Crippen MR) is 136 cm³/mol. The average Bonchev–Trinajstić information content (AvgIpc) is 3.31. The van der Waals surface area contributed by atoms with Crippen molar-refractivity contribution in [1.82, 2.24) is 9.88 Å². The first kappa shape index (κ1) is 25.6. The minimum absolute atomic E-state index is 0.103. The fraction of sp³-hybridized carbons (Fsp3) is 0.417. The average molecular weight is 517 g/mol. The molecule has 0 bridgehead atoms. The number of aromatic nitrogens is 1. The van der Waals surface area contributed by atoms with Gasteiger partial charge in [0, 0.05) is 32.2 Å².